The van der Waals surface area contributed by atoms with E-state index in [9.17, 15) is 4.79 Å². The lowest BCUT2D eigenvalue weighted by Gasteiger charge is -2.18. The molecule has 2 N–H and O–H groups in total. The van der Waals surface area contributed by atoms with Gasteiger partial charge in [0.15, 0.2) is 0 Å². The number of hydrogen-bond donors (Lipinski definition) is 2. The minimum atomic E-state index is -0.0638. The molecule has 1 aliphatic heterocycles. The average Bonchev–Trinajstić information content (AvgIpc) is 3.00. The van der Waals surface area contributed by atoms with Crippen molar-refractivity contribution in [2.75, 3.05) is 18.2 Å². The largest absolute Gasteiger partial charge is 0.493 e. The van der Waals surface area contributed by atoms with Crippen LogP contribution in [0.2, 0.25) is 0 Å². The number of hydrogen-bond acceptors (Lipinski definition) is 4. The molecule has 2 rings (SSSR count). The molecule has 0 aromatic heterocycles. The van der Waals surface area contributed by atoms with Crippen LogP contribution in [0.1, 0.15) is 32.4 Å². The van der Waals surface area contributed by atoms with Gasteiger partial charge >= 0.3 is 0 Å². The van der Waals surface area contributed by atoms with Crippen LogP contribution in [0.3, 0.4) is 0 Å². The fraction of sp³-hybridized carbons (Fsp3) is 0.562. The van der Waals surface area contributed by atoms with Crippen molar-refractivity contribution in [2.45, 2.75) is 32.9 Å². The Labute approximate surface area is 131 Å². The van der Waals surface area contributed by atoms with Gasteiger partial charge in [0.25, 0.3) is 0 Å². The molecule has 1 aromatic carbocycles. The minimum Gasteiger partial charge on any atom is -0.493 e. The summed E-state index contributed by atoms with van der Waals surface area (Å²) in [7, 11) is 0. The molecule has 1 aliphatic rings. The van der Waals surface area contributed by atoms with Crippen LogP contribution in [0, 0.1) is 5.92 Å². The predicted molar refractivity (Wildman–Crippen MR) is 87.6 cm³/mol. The lowest BCUT2D eigenvalue weighted by molar-refractivity contribution is -0.123. The van der Waals surface area contributed by atoms with Crippen LogP contribution in [0.15, 0.2) is 24.3 Å². The Hall–Kier alpha value is -1.20. The Morgan fingerprint density at radius 1 is 1.38 bits per heavy atom. The average molecular weight is 308 g/mol. The van der Waals surface area contributed by atoms with Crippen molar-refractivity contribution in [3.05, 3.63) is 29.8 Å². The molecular formula is C16H24N2O2S. The first-order chi connectivity index (χ1) is 10.1. The zero-order chi connectivity index (χ0) is 15.2. The number of carbonyl (C=O) groups is 1. The molecule has 116 valence electrons. The maximum atomic E-state index is 12.1. The van der Waals surface area contributed by atoms with Crippen molar-refractivity contribution in [1.29, 1.82) is 0 Å². The molecule has 2 atom stereocenters. The Balaban J connectivity index is 1.87. The number of benzene rings is 1. The van der Waals surface area contributed by atoms with E-state index in [1.807, 2.05) is 31.2 Å². The van der Waals surface area contributed by atoms with E-state index in [0.717, 1.165) is 29.5 Å². The first-order valence-corrected chi connectivity index (χ1v) is 8.56. The first kappa shape index (κ1) is 16.2. The Kier molecular flexibility index (Phi) is 5.94. The van der Waals surface area contributed by atoms with Gasteiger partial charge in [-0.05, 0) is 30.5 Å². The summed E-state index contributed by atoms with van der Waals surface area (Å²) in [6.45, 7) is 6.98. The van der Waals surface area contributed by atoms with Crippen LogP contribution < -0.4 is 15.4 Å². The summed E-state index contributed by atoms with van der Waals surface area (Å²) in [5.41, 5.74) is 1.09. The van der Waals surface area contributed by atoms with Crippen molar-refractivity contribution in [3.8, 4) is 5.75 Å². The van der Waals surface area contributed by atoms with Crippen LogP contribution >= 0.6 is 11.8 Å². The third-order valence-corrected chi connectivity index (χ3v) is 4.29. The molecule has 1 heterocycles. The molecular weight excluding hydrogens is 284 g/mol. The lowest BCUT2D eigenvalue weighted by Crippen LogP contribution is -2.42. The summed E-state index contributed by atoms with van der Waals surface area (Å²) >= 11 is 1.75. The van der Waals surface area contributed by atoms with E-state index in [4.69, 9.17) is 4.74 Å². The highest BCUT2D eigenvalue weighted by Crippen LogP contribution is 2.19. The van der Waals surface area contributed by atoms with Crippen molar-refractivity contribution in [1.82, 2.24) is 10.6 Å². The summed E-state index contributed by atoms with van der Waals surface area (Å²) in [6.07, 6.45) is 0. The molecule has 1 fully saturated rings. The topological polar surface area (TPSA) is 50.4 Å². The number of ether oxygens (including phenoxy) is 1. The van der Waals surface area contributed by atoms with Gasteiger partial charge in [0.05, 0.1) is 18.7 Å². The van der Waals surface area contributed by atoms with Gasteiger partial charge < -0.3 is 10.1 Å². The minimum absolute atomic E-state index is 0.00375. The molecule has 0 bridgehead atoms. The second-order valence-corrected chi connectivity index (χ2v) is 6.81. The highest BCUT2D eigenvalue weighted by Gasteiger charge is 2.23. The van der Waals surface area contributed by atoms with Crippen molar-refractivity contribution < 1.29 is 9.53 Å². The number of amides is 1. The SMILES string of the molecule is CC(C)COc1ccc(C(C)NC(=O)C2CSCN2)cc1. The fourth-order valence-corrected chi connectivity index (χ4v) is 3.02. The van der Waals surface area contributed by atoms with Crippen LogP contribution in [0.5, 0.6) is 5.75 Å². The first-order valence-electron chi connectivity index (χ1n) is 7.40. The van der Waals surface area contributed by atoms with Crippen molar-refractivity contribution >= 4 is 17.7 Å². The molecule has 0 aliphatic carbocycles. The Morgan fingerprint density at radius 3 is 2.67 bits per heavy atom. The second kappa shape index (κ2) is 7.71. The number of rotatable bonds is 6. The summed E-state index contributed by atoms with van der Waals surface area (Å²) in [5.74, 6) is 3.17. The summed E-state index contributed by atoms with van der Waals surface area (Å²) < 4.78 is 5.66. The summed E-state index contributed by atoms with van der Waals surface area (Å²) in [6, 6.07) is 7.89. The lowest BCUT2D eigenvalue weighted by atomic mass is 10.1. The van der Waals surface area contributed by atoms with Crippen LogP contribution in [-0.4, -0.2) is 30.2 Å². The fourth-order valence-electron chi connectivity index (χ4n) is 2.08. The van der Waals surface area contributed by atoms with Gasteiger partial charge in [-0.2, -0.15) is 0 Å². The van der Waals surface area contributed by atoms with E-state index in [1.165, 1.54) is 0 Å². The van der Waals surface area contributed by atoms with Crippen LogP contribution in [0.4, 0.5) is 0 Å². The smallest absolute Gasteiger partial charge is 0.238 e. The Bertz CT molecular complexity index is 456. The molecule has 0 saturated carbocycles. The molecule has 1 aromatic rings. The van der Waals surface area contributed by atoms with E-state index in [1.54, 1.807) is 11.8 Å². The standard InChI is InChI=1S/C16H24N2O2S/c1-11(2)8-20-14-6-4-13(5-7-14)12(3)18-16(19)15-9-21-10-17-15/h4-7,11-12,15,17H,8-10H2,1-3H3,(H,18,19). The third-order valence-electron chi connectivity index (χ3n) is 3.36. The molecule has 1 amide bonds. The maximum Gasteiger partial charge on any atom is 0.238 e. The molecule has 1 saturated heterocycles. The molecule has 21 heavy (non-hydrogen) atoms. The van der Waals surface area contributed by atoms with E-state index < -0.39 is 0 Å². The highest BCUT2D eigenvalue weighted by atomic mass is 32.2. The number of nitrogens with one attached hydrogen (secondary N) is 2. The highest BCUT2D eigenvalue weighted by molar-refractivity contribution is 7.99. The van der Waals surface area contributed by atoms with Crippen LogP contribution in [0.25, 0.3) is 0 Å². The van der Waals surface area contributed by atoms with Gasteiger partial charge in [0.1, 0.15) is 5.75 Å². The van der Waals surface area contributed by atoms with Gasteiger partial charge in [0, 0.05) is 11.6 Å². The zero-order valence-electron chi connectivity index (χ0n) is 12.9. The zero-order valence-corrected chi connectivity index (χ0v) is 13.7. The van der Waals surface area contributed by atoms with Crippen LogP contribution in [-0.2, 0) is 4.79 Å². The normalized spacial score (nSPS) is 19.5. The van der Waals surface area contributed by atoms with Gasteiger partial charge in [0.2, 0.25) is 5.91 Å². The maximum absolute atomic E-state index is 12.1. The van der Waals surface area contributed by atoms with E-state index in [0.29, 0.717) is 5.92 Å². The van der Waals surface area contributed by atoms with Crippen molar-refractivity contribution in [2.24, 2.45) is 5.92 Å². The summed E-state index contributed by atoms with van der Waals surface area (Å²) in [5, 5.41) is 6.23. The number of thioether (sulfide) groups is 1. The monoisotopic (exact) mass is 308 g/mol. The molecule has 0 spiro atoms. The van der Waals surface area contributed by atoms with Gasteiger partial charge in [-0.3, -0.25) is 10.1 Å². The van der Waals surface area contributed by atoms with Gasteiger partial charge in [-0.25, -0.2) is 0 Å². The van der Waals surface area contributed by atoms with E-state index in [-0.39, 0.29) is 18.0 Å². The molecule has 0 radical (unpaired) electrons. The molecule has 2 unspecified atom stereocenters. The quantitative estimate of drug-likeness (QED) is 0.848. The second-order valence-electron chi connectivity index (χ2n) is 5.78. The predicted octanol–water partition coefficient (Wildman–Crippen LogP) is 2.56. The molecule has 4 nitrogen and oxygen atoms in total. The van der Waals surface area contributed by atoms with Gasteiger partial charge in [-0.15, -0.1) is 11.8 Å². The van der Waals surface area contributed by atoms with E-state index in [2.05, 4.69) is 24.5 Å². The van der Waals surface area contributed by atoms with Gasteiger partial charge in [-0.1, -0.05) is 26.0 Å². The number of carbonyl (C=O) groups excluding carboxylic acids is 1. The summed E-state index contributed by atoms with van der Waals surface area (Å²) in [4.78, 5) is 12.1. The Morgan fingerprint density at radius 2 is 2.10 bits per heavy atom. The van der Waals surface area contributed by atoms with E-state index >= 15 is 0 Å². The van der Waals surface area contributed by atoms with Crippen molar-refractivity contribution in [3.63, 3.8) is 0 Å². The third kappa shape index (κ3) is 4.93. The molecule has 5 heteroatoms.